The zero-order chi connectivity index (χ0) is 18.7. The summed E-state index contributed by atoms with van der Waals surface area (Å²) < 4.78 is 38.8. The smallest absolute Gasteiger partial charge is 0.321 e. The summed E-state index contributed by atoms with van der Waals surface area (Å²) in [5.41, 5.74) is -0.606. The molecule has 0 aliphatic rings. The van der Waals surface area contributed by atoms with E-state index in [-0.39, 0.29) is 11.4 Å². The number of nitrogens with one attached hydrogen (secondary N) is 1. The first-order chi connectivity index (χ1) is 12.3. The average Bonchev–Trinajstić information content (AvgIpc) is 2.62. The zero-order valence-corrected chi connectivity index (χ0v) is 13.2. The molecular formula is C18H12F3N3O2. The van der Waals surface area contributed by atoms with Crippen LogP contribution >= 0.6 is 0 Å². The van der Waals surface area contributed by atoms with Crippen LogP contribution < -0.4 is 10.9 Å². The summed E-state index contributed by atoms with van der Waals surface area (Å²) >= 11 is 0. The standard InChI is InChI=1S/C18H12F3N3O2/c19-18(20,21)12-6-8-13(9-7-12)22-17(26)15-10-11-16(25)24(23-15)14-4-2-1-3-5-14/h1-11H,(H,22,26). The quantitative estimate of drug-likeness (QED) is 0.778. The van der Waals surface area contributed by atoms with Gasteiger partial charge < -0.3 is 5.32 Å². The zero-order valence-electron chi connectivity index (χ0n) is 13.2. The molecule has 0 fully saturated rings. The molecule has 1 amide bonds. The number of aromatic nitrogens is 2. The number of benzene rings is 2. The fourth-order valence-electron chi connectivity index (χ4n) is 2.22. The molecule has 0 aliphatic carbocycles. The van der Waals surface area contributed by atoms with Crippen LogP contribution in [0.25, 0.3) is 5.69 Å². The Kier molecular flexibility index (Phi) is 4.57. The molecule has 8 heteroatoms. The van der Waals surface area contributed by atoms with Crippen LogP contribution in [0, 0.1) is 0 Å². The molecule has 1 aromatic heterocycles. The van der Waals surface area contributed by atoms with Gasteiger partial charge in [0.2, 0.25) is 0 Å². The number of halogens is 3. The highest BCUT2D eigenvalue weighted by Gasteiger charge is 2.30. The van der Waals surface area contributed by atoms with Crippen LogP contribution in [-0.2, 0) is 6.18 Å². The summed E-state index contributed by atoms with van der Waals surface area (Å²) in [7, 11) is 0. The van der Waals surface area contributed by atoms with Crippen molar-refractivity contribution in [3.8, 4) is 5.69 Å². The van der Waals surface area contributed by atoms with Crippen molar-refractivity contribution in [2.24, 2.45) is 0 Å². The number of hydrogen-bond acceptors (Lipinski definition) is 3. The highest BCUT2D eigenvalue weighted by molar-refractivity contribution is 6.02. The lowest BCUT2D eigenvalue weighted by atomic mass is 10.2. The Labute approximate surface area is 145 Å². The van der Waals surface area contributed by atoms with Gasteiger partial charge in [0.15, 0.2) is 0 Å². The summed E-state index contributed by atoms with van der Waals surface area (Å²) in [5, 5.41) is 6.46. The Morgan fingerprint density at radius 3 is 2.19 bits per heavy atom. The van der Waals surface area contributed by atoms with Crippen molar-refractivity contribution in [1.82, 2.24) is 9.78 Å². The maximum atomic E-state index is 12.6. The second-order valence-corrected chi connectivity index (χ2v) is 5.33. The van der Waals surface area contributed by atoms with Gasteiger partial charge >= 0.3 is 6.18 Å². The van der Waals surface area contributed by atoms with Gasteiger partial charge in [0.05, 0.1) is 11.3 Å². The van der Waals surface area contributed by atoms with Gasteiger partial charge in [-0.2, -0.15) is 23.0 Å². The van der Waals surface area contributed by atoms with Crippen LogP contribution in [0.3, 0.4) is 0 Å². The van der Waals surface area contributed by atoms with E-state index in [0.717, 1.165) is 28.9 Å². The number of carbonyl (C=O) groups excluding carboxylic acids is 1. The van der Waals surface area contributed by atoms with Crippen LogP contribution in [0.2, 0.25) is 0 Å². The molecule has 1 N–H and O–H groups in total. The number of anilines is 1. The number of nitrogens with zero attached hydrogens (tertiary/aromatic N) is 2. The summed E-state index contributed by atoms with van der Waals surface area (Å²) in [6, 6.07) is 15.0. The van der Waals surface area contributed by atoms with Gasteiger partial charge in [-0.3, -0.25) is 9.59 Å². The van der Waals surface area contributed by atoms with E-state index in [2.05, 4.69) is 10.4 Å². The van der Waals surface area contributed by atoms with Gasteiger partial charge in [-0.25, -0.2) is 0 Å². The first-order valence-electron chi connectivity index (χ1n) is 7.49. The van der Waals surface area contributed by atoms with Gasteiger partial charge in [0.1, 0.15) is 5.69 Å². The Balaban J connectivity index is 1.84. The fraction of sp³-hybridized carbons (Fsp3) is 0.0556. The second kappa shape index (κ2) is 6.83. The van der Waals surface area contributed by atoms with E-state index in [1.54, 1.807) is 30.3 Å². The maximum absolute atomic E-state index is 12.6. The molecule has 0 unspecified atom stereocenters. The van der Waals surface area contributed by atoms with Gasteiger partial charge in [-0.15, -0.1) is 0 Å². The SMILES string of the molecule is O=C(Nc1ccc(C(F)(F)F)cc1)c1ccc(=O)n(-c2ccccc2)n1. The van der Waals surface area contributed by atoms with E-state index >= 15 is 0 Å². The second-order valence-electron chi connectivity index (χ2n) is 5.33. The van der Waals surface area contributed by atoms with Gasteiger partial charge in [0, 0.05) is 11.8 Å². The molecule has 0 saturated heterocycles. The average molecular weight is 359 g/mol. The summed E-state index contributed by atoms with van der Waals surface area (Å²) in [6.45, 7) is 0. The van der Waals surface area contributed by atoms with Crippen LogP contribution in [0.15, 0.2) is 71.5 Å². The van der Waals surface area contributed by atoms with Crippen LogP contribution in [0.4, 0.5) is 18.9 Å². The molecule has 0 saturated carbocycles. The fourth-order valence-corrected chi connectivity index (χ4v) is 2.22. The number of hydrogen-bond donors (Lipinski definition) is 1. The molecule has 0 aliphatic heterocycles. The monoisotopic (exact) mass is 359 g/mol. The number of alkyl halides is 3. The van der Waals surface area contributed by atoms with E-state index in [1.807, 2.05) is 0 Å². The lowest BCUT2D eigenvalue weighted by Crippen LogP contribution is -2.24. The molecule has 2 aromatic carbocycles. The van der Waals surface area contributed by atoms with E-state index in [0.29, 0.717) is 5.69 Å². The highest BCUT2D eigenvalue weighted by atomic mass is 19.4. The molecule has 1 heterocycles. The van der Waals surface area contributed by atoms with Gasteiger partial charge in [0.25, 0.3) is 11.5 Å². The lowest BCUT2D eigenvalue weighted by molar-refractivity contribution is -0.137. The molecule has 5 nitrogen and oxygen atoms in total. The van der Waals surface area contributed by atoms with Crippen molar-refractivity contribution in [3.05, 3.63) is 88.3 Å². The third kappa shape index (κ3) is 3.80. The van der Waals surface area contributed by atoms with Crippen molar-refractivity contribution in [2.45, 2.75) is 6.18 Å². The first kappa shape index (κ1) is 17.4. The van der Waals surface area contributed by atoms with Crippen LogP contribution in [0.1, 0.15) is 16.1 Å². The topological polar surface area (TPSA) is 64.0 Å². The number of amides is 1. The van der Waals surface area contributed by atoms with E-state index in [9.17, 15) is 22.8 Å². The summed E-state index contributed by atoms with van der Waals surface area (Å²) in [5.74, 6) is -0.644. The Morgan fingerprint density at radius 2 is 1.58 bits per heavy atom. The number of rotatable bonds is 3. The van der Waals surface area contributed by atoms with E-state index in [4.69, 9.17) is 0 Å². The van der Waals surface area contributed by atoms with Crippen LogP contribution in [-0.4, -0.2) is 15.7 Å². The lowest BCUT2D eigenvalue weighted by Gasteiger charge is -2.09. The summed E-state index contributed by atoms with van der Waals surface area (Å²) in [4.78, 5) is 24.2. The minimum absolute atomic E-state index is 0.0478. The van der Waals surface area contributed by atoms with E-state index in [1.165, 1.54) is 12.1 Å². The predicted molar refractivity (Wildman–Crippen MR) is 89.2 cm³/mol. The largest absolute Gasteiger partial charge is 0.416 e. The Morgan fingerprint density at radius 1 is 0.923 bits per heavy atom. The molecule has 0 radical (unpaired) electrons. The predicted octanol–water partition coefficient (Wildman–Crippen LogP) is 3.50. The molecule has 26 heavy (non-hydrogen) atoms. The Hall–Kier alpha value is -3.42. The maximum Gasteiger partial charge on any atom is 0.416 e. The normalized spacial score (nSPS) is 11.2. The van der Waals surface area contributed by atoms with E-state index < -0.39 is 23.2 Å². The van der Waals surface area contributed by atoms with Gasteiger partial charge in [-0.1, -0.05) is 18.2 Å². The molecule has 3 rings (SSSR count). The highest BCUT2D eigenvalue weighted by Crippen LogP contribution is 2.29. The van der Waals surface area contributed by atoms with Crippen molar-refractivity contribution in [3.63, 3.8) is 0 Å². The van der Waals surface area contributed by atoms with Gasteiger partial charge in [-0.05, 0) is 42.5 Å². The minimum atomic E-state index is -4.45. The molecule has 132 valence electrons. The number of carbonyl (C=O) groups is 1. The Bertz CT molecular complexity index is 981. The van der Waals surface area contributed by atoms with Crippen LogP contribution in [0.5, 0.6) is 0 Å². The molecule has 0 bridgehead atoms. The molecular weight excluding hydrogens is 347 g/mol. The minimum Gasteiger partial charge on any atom is -0.321 e. The van der Waals surface area contributed by atoms with Crippen molar-refractivity contribution in [1.29, 1.82) is 0 Å². The third-order valence-corrected chi connectivity index (χ3v) is 3.50. The van der Waals surface area contributed by atoms with Crippen molar-refractivity contribution in [2.75, 3.05) is 5.32 Å². The molecule has 3 aromatic rings. The summed E-state index contributed by atoms with van der Waals surface area (Å²) in [6.07, 6.45) is -4.45. The van der Waals surface area contributed by atoms with Crippen molar-refractivity contribution < 1.29 is 18.0 Å². The third-order valence-electron chi connectivity index (χ3n) is 3.50. The molecule has 0 atom stereocenters. The van der Waals surface area contributed by atoms with Crippen molar-refractivity contribution >= 4 is 11.6 Å². The number of para-hydroxylation sites is 1. The first-order valence-corrected chi connectivity index (χ1v) is 7.49. The molecule has 0 spiro atoms.